The Morgan fingerprint density at radius 3 is 2.50 bits per heavy atom. The van der Waals surface area contributed by atoms with Crippen LogP contribution in [0.5, 0.6) is 0 Å². The number of hydrogen-bond acceptors (Lipinski definition) is 5. The van der Waals surface area contributed by atoms with E-state index in [1.165, 1.54) is 25.7 Å². The molecule has 106 valence electrons. The molecule has 0 radical (unpaired) electrons. The van der Waals surface area contributed by atoms with E-state index in [9.17, 15) is 13.5 Å². The highest BCUT2D eigenvalue weighted by Gasteiger charge is 2.35. The predicted octanol–water partition coefficient (Wildman–Crippen LogP) is -0.392. The molecule has 2 aliphatic rings. The van der Waals surface area contributed by atoms with Crippen LogP contribution in [0.2, 0.25) is 0 Å². The van der Waals surface area contributed by atoms with Gasteiger partial charge >= 0.3 is 0 Å². The number of nitrogens with one attached hydrogen (secondary N) is 1. The van der Waals surface area contributed by atoms with Crippen LogP contribution in [-0.2, 0) is 9.84 Å². The fourth-order valence-corrected chi connectivity index (χ4v) is 4.75. The summed E-state index contributed by atoms with van der Waals surface area (Å²) in [6.45, 7) is 1.65. The van der Waals surface area contributed by atoms with Gasteiger partial charge in [-0.25, -0.2) is 8.42 Å². The molecule has 0 aromatic rings. The molecule has 0 spiro atoms. The van der Waals surface area contributed by atoms with Gasteiger partial charge in [0.05, 0.1) is 17.6 Å². The Labute approximate surface area is 109 Å². The summed E-state index contributed by atoms with van der Waals surface area (Å²) >= 11 is 0. The highest BCUT2D eigenvalue weighted by Crippen LogP contribution is 2.21. The summed E-state index contributed by atoms with van der Waals surface area (Å²) in [6, 6.07) is 0.399. The minimum atomic E-state index is -3.04. The van der Waals surface area contributed by atoms with Crippen LogP contribution in [0.3, 0.4) is 0 Å². The molecule has 1 heterocycles. The van der Waals surface area contributed by atoms with Crippen molar-refractivity contribution in [3.63, 3.8) is 0 Å². The number of likely N-dealkylation sites (N-methyl/N-ethyl adjacent to an activating group) is 1. The van der Waals surface area contributed by atoms with E-state index in [-0.39, 0.29) is 17.5 Å². The lowest BCUT2D eigenvalue weighted by Crippen LogP contribution is -2.43. The molecule has 2 atom stereocenters. The Kier molecular flexibility index (Phi) is 4.64. The summed E-state index contributed by atoms with van der Waals surface area (Å²) < 4.78 is 22.7. The van der Waals surface area contributed by atoms with Crippen molar-refractivity contribution < 1.29 is 13.5 Å². The van der Waals surface area contributed by atoms with Gasteiger partial charge in [-0.05, 0) is 19.9 Å². The minimum Gasteiger partial charge on any atom is -0.390 e. The van der Waals surface area contributed by atoms with Crippen LogP contribution in [0.15, 0.2) is 0 Å². The van der Waals surface area contributed by atoms with E-state index in [4.69, 9.17) is 0 Å². The maximum Gasteiger partial charge on any atom is 0.154 e. The SMILES string of the molecule is CN(CCNC1CS(=O)(=O)CC1O)C1CCCC1. The largest absolute Gasteiger partial charge is 0.390 e. The minimum absolute atomic E-state index is 0.0707. The van der Waals surface area contributed by atoms with Crippen molar-refractivity contribution in [3.05, 3.63) is 0 Å². The Hall–Kier alpha value is -0.170. The summed E-state index contributed by atoms with van der Waals surface area (Å²) in [7, 11) is -0.913. The molecule has 0 amide bonds. The molecule has 18 heavy (non-hydrogen) atoms. The Morgan fingerprint density at radius 2 is 1.94 bits per heavy atom. The molecule has 2 unspecified atom stereocenters. The van der Waals surface area contributed by atoms with E-state index in [1.807, 2.05) is 0 Å². The molecular formula is C12H24N2O3S. The third-order valence-electron chi connectivity index (χ3n) is 4.14. The highest BCUT2D eigenvalue weighted by atomic mass is 32.2. The van der Waals surface area contributed by atoms with Gasteiger partial charge in [0.2, 0.25) is 0 Å². The van der Waals surface area contributed by atoms with Gasteiger partial charge in [0.1, 0.15) is 0 Å². The van der Waals surface area contributed by atoms with Gasteiger partial charge in [0, 0.05) is 25.2 Å². The Balaban J connectivity index is 1.69. The molecule has 5 nitrogen and oxygen atoms in total. The molecule has 1 saturated heterocycles. The van der Waals surface area contributed by atoms with Crippen LogP contribution in [0.1, 0.15) is 25.7 Å². The van der Waals surface area contributed by atoms with Crippen molar-refractivity contribution in [2.75, 3.05) is 31.6 Å². The average Bonchev–Trinajstić information content (AvgIpc) is 2.86. The molecule has 0 aromatic heterocycles. The summed E-state index contributed by atoms with van der Waals surface area (Å²) in [6.07, 6.45) is 4.45. The van der Waals surface area contributed by atoms with Crippen LogP contribution in [0.25, 0.3) is 0 Å². The number of sulfone groups is 1. The van der Waals surface area contributed by atoms with Gasteiger partial charge in [0.15, 0.2) is 9.84 Å². The zero-order chi connectivity index (χ0) is 13.2. The first-order chi connectivity index (χ1) is 8.48. The summed E-state index contributed by atoms with van der Waals surface area (Å²) in [4.78, 5) is 2.34. The van der Waals surface area contributed by atoms with E-state index in [2.05, 4.69) is 17.3 Å². The molecule has 2 rings (SSSR count). The Morgan fingerprint density at radius 1 is 1.28 bits per heavy atom. The second-order valence-electron chi connectivity index (χ2n) is 5.62. The average molecular weight is 276 g/mol. The maximum absolute atomic E-state index is 11.3. The molecule has 2 N–H and O–H groups in total. The van der Waals surface area contributed by atoms with Crippen LogP contribution < -0.4 is 5.32 Å². The topological polar surface area (TPSA) is 69.6 Å². The zero-order valence-electron chi connectivity index (χ0n) is 11.0. The molecule has 1 aliphatic heterocycles. The number of aliphatic hydroxyl groups excluding tert-OH is 1. The molecular weight excluding hydrogens is 252 g/mol. The van der Waals surface area contributed by atoms with Crippen molar-refractivity contribution in [2.24, 2.45) is 0 Å². The van der Waals surface area contributed by atoms with Crippen LogP contribution in [0.4, 0.5) is 0 Å². The third-order valence-corrected chi connectivity index (χ3v) is 5.86. The van der Waals surface area contributed by atoms with Crippen LogP contribution in [-0.4, -0.2) is 68.3 Å². The fraction of sp³-hybridized carbons (Fsp3) is 1.00. The first-order valence-electron chi connectivity index (χ1n) is 6.80. The van der Waals surface area contributed by atoms with Gasteiger partial charge in [-0.3, -0.25) is 0 Å². The van der Waals surface area contributed by atoms with E-state index >= 15 is 0 Å². The smallest absolute Gasteiger partial charge is 0.154 e. The lowest BCUT2D eigenvalue weighted by molar-refractivity contribution is 0.161. The van der Waals surface area contributed by atoms with Gasteiger partial charge in [0.25, 0.3) is 0 Å². The van der Waals surface area contributed by atoms with Crippen molar-refractivity contribution in [2.45, 2.75) is 43.9 Å². The van der Waals surface area contributed by atoms with Crippen LogP contribution >= 0.6 is 0 Å². The van der Waals surface area contributed by atoms with Crippen molar-refractivity contribution in [1.29, 1.82) is 0 Å². The summed E-state index contributed by atoms with van der Waals surface area (Å²) in [5, 5.41) is 12.8. The number of rotatable bonds is 5. The van der Waals surface area contributed by atoms with Gasteiger partial charge in [-0.1, -0.05) is 12.8 Å². The lowest BCUT2D eigenvalue weighted by atomic mass is 10.2. The Bertz CT molecular complexity index is 366. The molecule has 1 aliphatic carbocycles. The molecule has 1 saturated carbocycles. The van der Waals surface area contributed by atoms with Gasteiger partial charge in [-0.2, -0.15) is 0 Å². The monoisotopic (exact) mass is 276 g/mol. The van der Waals surface area contributed by atoms with E-state index in [0.29, 0.717) is 6.04 Å². The van der Waals surface area contributed by atoms with E-state index < -0.39 is 15.9 Å². The van der Waals surface area contributed by atoms with Gasteiger partial charge in [-0.15, -0.1) is 0 Å². The first kappa shape index (κ1) is 14.2. The standard InChI is InChI=1S/C12H24N2O3S/c1-14(10-4-2-3-5-10)7-6-13-11-8-18(16,17)9-12(11)15/h10-13,15H,2-9H2,1H3. The number of aliphatic hydroxyl groups is 1. The summed E-state index contributed by atoms with van der Waals surface area (Å²) in [5.41, 5.74) is 0. The van der Waals surface area contributed by atoms with Gasteiger partial charge < -0.3 is 15.3 Å². The molecule has 6 heteroatoms. The lowest BCUT2D eigenvalue weighted by Gasteiger charge is -2.25. The first-order valence-corrected chi connectivity index (χ1v) is 8.62. The maximum atomic E-state index is 11.3. The van der Waals surface area contributed by atoms with Crippen molar-refractivity contribution >= 4 is 9.84 Å². The van der Waals surface area contributed by atoms with Crippen LogP contribution in [0, 0.1) is 0 Å². The molecule has 2 fully saturated rings. The second kappa shape index (κ2) is 5.86. The molecule has 0 aromatic carbocycles. The predicted molar refractivity (Wildman–Crippen MR) is 71.3 cm³/mol. The molecule has 0 bridgehead atoms. The summed E-state index contributed by atoms with van der Waals surface area (Å²) in [5.74, 6) is -0.0234. The fourth-order valence-electron chi connectivity index (χ4n) is 2.98. The van der Waals surface area contributed by atoms with E-state index in [1.54, 1.807) is 0 Å². The van der Waals surface area contributed by atoms with Crippen molar-refractivity contribution in [1.82, 2.24) is 10.2 Å². The number of nitrogens with zero attached hydrogens (tertiary/aromatic N) is 1. The zero-order valence-corrected chi connectivity index (χ0v) is 11.8. The quantitative estimate of drug-likeness (QED) is 0.715. The van der Waals surface area contributed by atoms with E-state index in [0.717, 1.165) is 13.1 Å². The second-order valence-corrected chi connectivity index (χ2v) is 7.78. The third kappa shape index (κ3) is 3.66. The number of hydrogen-bond donors (Lipinski definition) is 2. The normalized spacial score (nSPS) is 32.4. The van der Waals surface area contributed by atoms with Crippen molar-refractivity contribution in [3.8, 4) is 0 Å². The highest BCUT2D eigenvalue weighted by molar-refractivity contribution is 7.91.